The number of nitrogens with one attached hydrogen (secondary N) is 1. The van der Waals surface area contributed by atoms with Crippen molar-refractivity contribution in [2.75, 3.05) is 7.05 Å². The molecule has 0 bridgehead atoms. The van der Waals surface area contributed by atoms with Crippen LogP contribution in [-0.2, 0) is 6.54 Å². The van der Waals surface area contributed by atoms with Gasteiger partial charge in [-0.15, -0.1) is 0 Å². The largest absolute Gasteiger partial charge is 0.316 e. The quantitative estimate of drug-likeness (QED) is 0.794. The molecule has 0 amide bonds. The summed E-state index contributed by atoms with van der Waals surface area (Å²) < 4.78 is 15.8. The average Bonchev–Trinajstić information content (AvgIpc) is 3.00. The van der Waals surface area contributed by atoms with Gasteiger partial charge in [0.25, 0.3) is 0 Å². The van der Waals surface area contributed by atoms with Crippen molar-refractivity contribution in [3.63, 3.8) is 0 Å². The number of nitrogens with zero attached hydrogens (tertiary/aromatic N) is 2. The lowest BCUT2D eigenvalue weighted by Gasteiger charge is -2.04. The fraction of sp³-hybridized carbons (Fsp3) is 0.118. The van der Waals surface area contributed by atoms with E-state index in [0.717, 1.165) is 16.8 Å². The Bertz CT molecular complexity index is 735. The average molecular weight is 281 g/mol. The summed E-state index contributed by atoms with van der Waals surface area (Å²) in [7, 11) is 1.80. The van der Waals surface area contributed by atoms with Crippen molar-refractivity contribution in [1.82, 2.24) is 15.1 Å². The van der Waals surface area contributed by atoms with Gasteiger partial charge in [-0.05, 0) is 30.8 Å². The minimum atomic E-state index is -0.200. The molecule has 21 heavy (non-hydrogen) atoms. The van der Waals surface area contributed by atoms with Gasteiger partial charge in [-0.25, -0.2) is 9.07 Å². The predicted molar refractivity (Wildman–Crippen MR) is 81.7 cm³/mol. The van der Waals surface area contributed by atoms with Crippen molar-refractivity contribution in [1.29, 1.82) is 0 Å². The molecule has 0 aliphatic carbocycles. The van der Waals surface area contributed by atoms with E-state index in [1.165, 1.54) is 0 Å². The number of aromatic nitrogens is 2. The molecule has 4 heteroatoms. The fourth-order valence-electron chi connectivity index (χ4n) is 2.25. The Hall–Kier alpha value is -2.46. The lowest BCUT2D eigenvalue weighted by atomic mass is 10.1. The van der Waals surface area contributed by atoms with Crippen LogP contribution in [0, 0.1) is 5.82 Å². The molecule has 0 aliphatic heterocycles. The molecule has 0 aliphatic rings. The van der Waals surface area contributed by atoms with Gasteiger partial charge in [0.2, 0.25) is 0 Å². The van der Waals surface area contributed by atoms with Crippen molar-refractivity contribution < 1.29 is 4.39 Å². The third kappa shape index (κ3) is 2.85. The summed E-state index contributed by atoms with van der Waals surface area (Å²) in [4.78, 5) is 0. The molecule has 2 aromatic carbocycles. The SMILES string of the molecule is CNCc1ccc(-c2cnn(-c3ccccc3)c2)cc1F. The zero-order valence-corrected chi connectivity index (χ0v) is 11.8. The smallest absolute Gasteiger partial charge is 0.128 e. The van der Waals surface area contributed by atoms with E-state index in [1.807, 2.05) is 42.6 Å². The first kappa shape index (κ1) is 13.5. The van der Waals surface area contributed by atoms with Crippen LogP contribution < -0.4 is 5.32 Å². The number of rotatable bonds is 4. The minimum Gasteiger partial charge on any atom is -0.316 e. The molecule has 0 radical (unpaired) electrons. The Morgan fingerprint density at radius 3 is 2.62 bits per heavy atom. The molecular formula is C17H16FN3. The third-order valence-electron chi connectivity index (χ3n) is 3.36. The highest BCUT2D eigenvalue weighted by Crippen LogP contribution is 2.22. The van der Waals surface area contributed by atoms with Gasteiger partial charge in [0.1, 0.15) is 5.82 Å². The lowest BCUT2D eigenvalue weighted by Crippen LogP contribution is -2.06. The van der Waals surface area contributed by atoms with Crippen LogP contribution in [-0.4, -0.2) is 16.8 Å². The van der Waals surface area contributed by atoms with Gasteiger partial charge >= 0.3 is 0 Å². The van der Waals surface area contributed by atoms with E-state index < -0.39 is 0 Å². The molecule has 0 atom stereocenters. The summed E-state index contributed by atoms with van der Waals surface area (Å²) in [5.41, 5.74) is 3.37. The Morgan fingerprint density at radius 2 is 1.90 bits per heavy atom. The first-order valence-corrected chi connectivity index (χ1v) is 6.81. The molecule has 0 saturated carbocycles. The fourth-order valence-corrected chi connectivity index (χ4v) is 2.25. The van der Waals surface area contributed by atoms with E-state index in [2.05, 4.69) is 10.4 Å². The van der Waals surface area contributed by atoms with Crippen molar-refractivity contribution in [2.45, 2.75) is 6.54 Å². The van der Waals surface area contributed by atoms with Crippen molar-refractivity contribution in [2.24, 2.45) is 0 Å². The van der Waals surface area contributed by atoms with Gasteiger partial charge in [-0.2, -0.15) is 5.10 Å². The van der Waals surface area contributed by atoms with Crippen molar-refractivity contribution >= 4 is 0 Å². The highest BCUT2D eigenvalue weighted by atomic mass is 19.1. The first-order chi connectivity index (χ1) is 10.3. The molecule has 0 saturated heterocycles. The molecule has 0 spiro atoms. The summed E-state index contributed by atoms with van der Waals surface area (Å²) in [5, 5.41) is 7.29. The van der Waals surface area contributed by atoms with E-state index in [1.54, 1.807) is 30.1 Å². The van der Waals surface area contributed by atoms with E-state index >= 15 is 0 Å². The summed E-state index contributed by atoms with van der Waals surface area (Å²) in [5.74, 6) is -0.200. The molecule has 106 valence electrons. The maximum Gasteiger partial charge on any atom is 0.128 e. The van der Waals surface area contributed by atoms with Gasteiger partial charge < -0.3 is 5.32 Å². The standard InChI is InChI=1S/C17H16FN3/c1-19-10-14-8-7-13(9-17(14)18)15-11-20-21(12-15)16-5-3-2-4-6-16/h2-9,11-12,19H,10H2,1H3. The number of benzene rings is 2. The van der Waals surface area contributed by atoms with Crippen LogP contribution in [0.3, 0.4) is 0 Å². The minimum absolute atomic E-state index is 0.200. The van der Waals surface area contributed by atoms with Crippen molar-refractivity contribution in [3.05, 3.63) is 72.3 Å². The number of para-hydroxylation sites is 1. The normalized spacial score (nSPS) is 10.8. The Balaban J connectivity index is 1.91. The maximum atomic E-state index is 14.0. The van der Waals surface area contributed by atoms with Crippen LogP contribution in [0.2, 0.25) is 0 Å². The second-order valence-corrected chi connectivity index (χ2v) is 4.85. The number of halogens is 1. The summed E-state index contributed by atoms with van der Waals surface area (Å²) in [6.45, 7) is 0.523. The second-order valence-electron chi connectivity index (χ2n) is 4.85. The van der Waals surface area contributed by atoms with Gasteiger partial charge in [0.15, 0.2) is 0 Å². The first-order valence-electron chi connectivity index (χ1n) is 6.81. The van der Waals surface area contributed by atoms with Gasteiger partial charge in [-0.1, -0.05) is 30.3 Å². The molecule has 3 rings (SSSR count). The molecule has 1 aromatic heterocycles. The van der Waals surface area contributed by atoms with Crippen molar-refractivity contribution in [3.8, 4) is 16.8 Å². The second kappa shape index (κ2) is 5.89. The molecular weight excluding hydrogens is 265 g/mol. The summed E-state index contributed by atoms with van der Waals surface area (Å²) >= 11 is 0. The number of hydrogen-bond donors (Lipinski definition) is 1. The number of hydrogen-bond acceptors (Lipinski definition) is 2. The Kier molecular flexibility index (Phi) is 3.79. The summed E-state index contributed by atoms with van der Waals surface area (Å²) in [6, 6.07) is 15.1. The molecule has 3 nitrogen and oxygen atoms in total. The Labute approximate surface area is 123 Å². The molecule has 3 aromatic rings. The predicted octanol–water partition coefficient (Wildman–Crippen LogP) is 3.40. The summed E-state index contributed by atoms with van der Waals surface area (Å²) in [6.07, 6.45) is 3.65. The van der Waals surface area contributed by atoms with E-state index in [9.17, 15) is 4.39 Å². The topological polar surface area (TPSA) is 29.9 Å². The van der Waals surface area contributed by atoms with Crippen LogP contribution in [0.1, 0.15) is 5.56 Å². The highest BCUT2D eigenvalue weighted by molar-refractivity contribution is 5.62. The van der Waals surface area contributed by atoms with Gasteiger partial charge in [-0.3, -0.25) is 0 Å². The molecule has 1 N–H and O–H groups in total. The molecule has 1 heterocycles. The van der Waals surface area contributed by atoms with Gasteiger partial charge in [0.05, 0.1) is 11.9 Å². The van der Waals surface area contributed by atoms with Crippen LogP contribution in [0.5, 0.6) is 0 Å². The zero-order valence-electron chi connectivity index (χ0n) is 11.8. The van der Waals surface area contributed by atoms with E-state index in [-0.39, 0.29) is 5.82 Å². The van der Waals surface area contributed by atoms with Crippen LogP contribution >= 0.6 is 0 Å². The highest BCUT2D eigenvalue weighted by Gasteiger charge is 2.07. The van der Waals surface area contributed by atoms with Crippen LogP contribution in [0.4, 0.5) is 4.39 Å². The third-order valence-corrected chi connectivity index (χ3v) is 3.36. The Morgan fingerprint density at radius 1 is 1.10 bits per heavy atom. The molecule has 0 unspecified atom stereocenters. The zero-order chi connectivity index (χ0) is 14.7. The molecule has 0 fully saturated rings. The van der Waals surface area contributed by atoms with Gasteiger partial charge in [0, 0.05) is 23.9 Å². The maximum absolute atomic E-state index is 14.0. The lowest BCUT2D eigenvalue weighted by molar-refractivity contribution is 0.601. The van der Waals surface area contributed by atoms with Crippen LogP contribution in [0.15, 0.2) is 60.9 Å². The monoisotopic (exact) mass is 281 g/mol. The van der Waals surface area contributed by atoms with Crippen LogP contribution in [0.25, 0.3) is 16.8 Å². The van der Waals surface area contributed by atoms with E-state index in [4.69, 9.17) is 0 Å². The van der Waals surface area contributed by atoms with E-state index in [0.29, 0.717) is 12.1 Å².